The van der Waals surface area contributed by atoms with Crippen molar-refractivity contribution in [3.8, 4) is 0 Å². The highest BCUT2D eigenvalue weighted by Crippen LogP contribution is 2.30. The molecule has 1 nitrogen and oxygen atoms in total. The average Bonchev–Trinajstić information content (AvgIpc) is 3.05. The highest BCUT2D eigenvalue weighted by atomic mass is 35.5. The van der Waals surface area contributed by atoms with Crippen LogP contribution < -0.4 is 0 Å². The number of thiophene rings is 1. The standard InChI is InChI=1S/C21H16ClFOS2/c1-14-10-11-25-19(14)12-20(21(24)16-4-6-17(22)7-5-16)26-13-15-2-8-18(23)9-3-15/h2-12H,13H2,1H3/b20-12+. The van der Waals surface area contributed by atoms with Crippen LogP contribution in [0.15, 0.2) is 64.9 Å². The third-order valence-corrected chi connectivity index (χ3v) is 6.11. The van der Waals surface area contributed by atoms with Crippen LogP contribution in [0.1, 0.15) is 26.4 Å². The highest BCUT2D eigenvalue weighted by molar-refractivity contribution is 8.03. The number of thioether (sulfide) groups is 1. The largest absolute Gasteiger partial charge is 0.288 e. The Balaban J connectivity index is 1.87. The lowest BCUT2D eigenvalue weighted by atomic mass is 10.1. The van der Waals surface area contributed by atoms with Crippen LogP contribution in [-0.2, 0) is 5.75 Å². The van der Waals surface area contributed by atoms with Crippen LogP contribution >= 0.6 is 34.7 Å². The molecular weight excluding hydrogens is 387 g/mol. The van der Waals surface area contributed by atoms with E-state index in [9.17, 15) is 9.18 Å². The van der Waals surface area contributed by atoms with Crippen LogP contribution in [0.2, 0.25) is 5.02 Å². The van der Waals surface area contributed by atoms with Gasteiger partial charge in [-0.15, -0.1) is 23.1 Å². The number of carbonyl (C=O) groups is 1. The molecule has 0 atom stereocenters. The fourth-order valence-electron chi connectivity index (χ4n) is 2.31. The third-order valence-electron chi connectivity index (χ3n) is 3.80. The van der Waals surface area contributed by atoms with Crippen LogP contribution in [0.4, 0.5) is 4.39 Å². The normalized spacial score (nSPS) is 11.6. The van der Waals surface area contributed by atoms with Gasteiger partial charge in [0.05, 0.1) is 4.91 Å². The quantitative estimate of drug-likeness (QED) is 0.326. The molecule has 0 amide bonds. The van der Waals surface area contributed by atoms with Gasteiger partial charge in [0, 0.05) is 21.2 Å². The summed E-state index contributed by atoms with van der Waals surface area (Å²) in [5.74, 6) is 0.290. The van der Waals surface area contributed by atoms with Gasteiger partial charge < -0.3 is 0 Å². The van der Waals surface area contributed by atoms with Crippen molar-refractivity contribution in [2.75, 3.05) is 0 Å². The van der Waals surface area contributed by atoms with E-state index in [1.807, 2.05) is 24.4 Å². The Hall–Kier alpha value is -1.88. The summed E-state index contributed by atoms with van der Waals surface area (Å²) in [6.45, 7) is 2.03. The van der Waals surface area contributed by atoms with E-state index in [0.29, 0.717) is 21.2 Å². The Morgan fingerprint density at radius 1 is 1.12 bits per heavy atom. The molecule has 0 spiro atoms. The molecule has 3 rings (SSSR count). The van der Waals surface area contributed by atoms with Crippen molar-refractivity contribution in [1.29, 1.82) is 0 Å². The summed E-state index contributed by atoms with van der Waals surface area (Å²) < 4.78 is 13.1. The van der Waals surface area contributed by atoms with Crippen LogP contribution in [0.3, 0.4) is 0 Å². The first kappa shape index (κ1) is 18.9. The lowest BCUT2D eigenvalue weighted by Crippen LogP contribution is -2.01. The molecule has 0 fully saturated rings. The van der Waals surface area contributed by atoms with Gasteiger partial charge in [-0.3, -0.25) is 4.79 Å². The van der Waals surface area contributed by atoms with Crippen molar-refractivity contribution in [3.63, 3.8) is 0 Å². The first-order chi connectivity index (χ1) is 12.5. The Labute approximate surface area is 165 Å². The van der Waals surface area contributed by atoms with Crippen molar-refractivity contribution in [1.82, 2.24) is 0 Å². The smallest absolute Gasteiger partial charge is 0.199 e. The molecule has 1 aromatic heterocycles. The molecule has 0 saturated heterocycles. The predicted octanol–water partition coefficient (Wildman–Crippen LogP) is 7.01. The Morgan fingerprint density at radius 2 is 1.81 bits per heavy atom. The Bertz CT molecular complexity index is 927. The first-order valence-corrected chi connectivity index (χ1v) is 10.2. The van der Waals surface area contributed by atoms with Gasteiger partial charge in [0.2, 0.25) is 0 Å². The zero-order chi connectivity index (χ0) is 18.5. The van der Waals surface area contributed by atoms with E-state index in [1.54, 1.807) is 47.7 Å². The molecule has 0 aliphatic rings. The Kier molecular flexibility index (Phi) is 6.30. The molecule has 5 heteroatoms. The molecule has 132 valence electrons. The molecule has 0 aliphatic heterocycles. The minimum Gasteiger partial charge on any atom is -0.288 e. The van der Waals surface area contributed by atoms with Gasteiger partial charge in [-0.25, -0.2) is 4.39 Å². The maximum absolute atomic E-state index is 13.1. The van der Waals surface area contributed by atoms with Gasteiger partial charge in [0.25, 0.3) is 0 Å². The average molecular weight is 403 g/mol. The minimum atomic E-state index is -0.263. The first-order valence-electron chi connectivity index (χ1n) is 7.96. The van der Waals surface area contributed by atoms with E-state index in [1.165, 1.54) is 23.9 Å². The van der Waals surface area contributed by atoms with E-state index in [0.717, 1.165) is 16.0 Å². The highest BCUT2D eigenvalue weighted by Gasteiger charge is 2.14. The number of rotatable bonds is 6. The number of allylic oxidation sites excluding steroid dienone is 1. The van der Waals surface area contributed by atoms with Gasteiger partial charge >= 0.3 is 0 Å². The van der Waals surface area contributed by atoms with Crippen LogP contribution in [0.5, 0.6) is 0 Å². The number of hydrogen-bond acceptors (Lipinski definition) is 3. The van der Waals surface area contributed by atoms with E-state index in [2.05, 4.69) is 0 Å². The molecule has 0 radical (unpaired) electrons. The van der Waals surface area contributed by atoms with E-state index < -0.39 is 0 Å². The molecule has 2 aromatic carbocycles. The maximum atomic E-state index is 13.1. The van der Waals surface area contributed by atoms with Crippen molar-refractivity contribution < 1.29 is 9.18 Å². The molecule has 0 bridgehead atoms. The molecule has 26 heavy (non-hydrogen) atoms. The summed E-state index contributed by atoms with van der Waals surface area (Å²) in [6, 6.07) is 15.3. The summed E-state index contributed by atoms with van der Waals surface area (Å²) in [6.07, 6.45) is 1.94. The summed E-state index contributed by atoms with van der Waals surface area (Å²) in [5.41, 5.74) is 2.70. The molecule has 0 unspecified atom stereocenters. The van der Waals surface area contributed by atoms with Gasteiger partial charge in [-0.1, -0.05) is 23.7 Å². The van der Waals surface area contributed by atoms with E-state index in [-0.39, 0.29) is 11.6 Å². The van der Waals surface area contributed by atoms with Crippen molar-refractivity contribution in [2.24, 2.45) is 0 Å². The van der Waals surface area contributed by atoms with E-state index in [4.69, 9.17) is 11.6 Å². The number of benzene rings is 2. The fraction of sp³-hybridized carbons (Fsp3) is 0.0952. The number of halogens is 2. The van der Waals surface area contributed by atoms with Crippen LogP contribution in [-0.4, -0.2) is 5.78 Å². The van der Waals surface area contributed by atoms with Crippen LogP contribution in [0.25, 0.3) is 6.08 Å². The number of aryl methyl sites for hydroxylation is 1. The van der Waals surface area contributed by atoms with Crippen LogP contribution in [0, 0.1) is 12.7 Å². The molecule has 0 N–H and O–H groups in total. The van der Waals surface area contributed by atoms with Crippen molar-refractivity contribution in [3.05, 3.63) is 97.3 Å². The minimum absolute atomic E-state index is 0.0402. The lowest BCUT2D eigenvalue weighted by molar-refractivity contribution is 0.104. The summed E-state index contributed by atoms with van der Waals surface area (Å²) >= 11 is 8.99. The number of hydrogen-bond donors (Lipinski definition) is 0. The predicted molar refractivity (Wildman–Crippen MR) is 111 cm³/mol. The van der Waals surface area contributed by atoms with Crippen molar-refractivity contribution >= 4 is 46.6 Å². The summed E-state index contributed by atoms with van der Waals surface area (Å²) in [5, 5.41) is 2.61. The molecule has 0 aliphatic carbocycles. The second-order valence-electron chi connectivity index (χ2n) is 5.73. The third kappa shape index (κ3) is 4.85. The molecular formula is C21H16ClFOS2. The maximum Gasteiger partial charge on any atom is 0.199 e. The van der Waals surface area contributed by atoms with E-state index >= 15 is 0 Å². The monoisotopic (exact) mass is 402 g/mol. The number of Topliss-reactive ketones (excluding diaryl/α,β-unsaturated/α-hetero) is 1. The Morgan fingerprint density at radius 3 is 2.42 bits per heavy atom. The van der Waals surface area contributed by atoms with Gasteiger partial charge in [-0.05, 0) is 72.0 Å². The zero-order valence-electron chi connectivity index (χ0n) is 14.0. The molecule has 1 heterocycles. The molecule has 0 saturated carbocycles. The number of ketones is 1. The second kappa shape index (κ2) is 8.67. The fourth-order valence-corrected chi connectivity index (χ4v) is 4.33. The zero-order valence-corrected chi connectivity index (χ0v) is 16.4. The second-order valence-corrected chi connectivity index (χ2v) is 8.13. The SMILES string of the molecule is Cc1ccsc1/C=C(/SCc1ccc(F)cc1)C(=O)c1ccc(Cl)cc1. The lowest BCUT2D eigenvalue weighted by Gasteiger charge is -2.08. The summed E-state index contributed by atoms with van der Waals surface area (Å²) in [4.78, 5) is 14.7. The number of carbonyl (C=O) groups excluding carboxylic acids is 1. The van der Waals surface area contributed by atoms with Gasteiger partial charge in [0.1, 0.15) is 5.82 Å². The van der Waals surface area contributed by atoms with Crippen molar-refractivity contribution in [2.45, 2.75) is 12.7 Å². The topological polar surface area (TPSA) is 17.1 Å². The summed E-state index contributed by atoms with van der Waals surface area (Å²) in [7, 11) is 0. The van der Waals surface area contributed by atoms with Gasteiger partial charge in [-0.2, -0.15) is 0 Å². The van der Waals surface area contributed by atoms with Gasteiger partial charge in [0.15, 0.2) is 5.78 Å². The molecule has 3 aromatic rings.